The van der Waals surface area contributed by atoms with Crippen LogP contribution in [0, 0.1) is 0 Å². The van der Waals surface area contributed by atoms with Crippen LogP contribution in [0.5, 0.6) is 11.5 Å². The van der Waals surface area contributed by atoms with Gasteiger partial charge in [-0.1, -0.05) is 24.3 Å². The van der Waals surface area contributed by atoms with Crippen molar-refractivity contribution in [2.24, 2.45) is 5.73 Å². The molecule has 0 aliphatic rings. The number of hydrogen-bond donors (Lipinski definition) is 1. The molecule has 2 aromatic carbocycles. The molecule has 0 amide bonds. The van der Waals surface area contributed by atoms with Gasteiger partial charge in [-0.25, -0.2) is 0 Å². The Hall–Kier alpha value is -1.85. The molecule has 0 saturated heterocycles. The van der Waals surface area contributed by atoms with E-state index >= 15 is 0 Å². The molecule has 2 rings (SSSR count). The Morgan fingerprint density at radius 1 is 1.10 bits per heavy atom. The lowest BCUT2D eigenvalue weighted by Crippen LogP contribution is -2.18. The van der Waals surface area contributed by atoms with Crippen molar-refractivity contribution >= 4 is 10.8 Å². The molecular weight excluding hydrogens is 286 g/mol. The van der Waals surface area contributed by atoms with Crippen LogP contribution < -0.4 is 15.2 Å². The smallest absolute Gasteiger partial charge is 0.134 e. The highest BCUT2D eigenvalue weighted by Crippen LogP contribution is 2.24. The highest BCUT2D eigenvalue weighted by Gasteiger charge is 2.15. The summed E-state index contributed by atoms with van der Waals surface area (Å²) in [5, 5.41) is 0. The normalized spacial score (nSPS) is 13.5. The minimum Gasteiger partial charge on any atom is -0.497 e. The second kappa shape index (κ2) is 7.24. The fraction of sp³-hybridized carbons (Fsp3) is 0.250. The van der Waals surface area contributed by atoms with E-state index in [2.05, 4.69) is 0 Å². The van der Waals surface area contributed by atoms with E-state index in [0.29, 0.717) is 16.4 Å². The van der Waals surface area contributed by atoms with Gasteiger partial charge in [0.05, 0.1) is 29.9 Å². The fourth-order valence-electron chi connectivity index (χ4n) is 2.03. The van der Waals surface area contributed by atoms with E-state index in [1.54, 1.807) is 26.4 Å². The SMILES string of the molecule is COc1cccc(C(N)CS(=O)c2ccccc2OC)c1. The summed E-state index contributed by atoms with van der Waals surface area (Å²) >= 11 is 0. The summed E-state index contributed by atoms with van der Waals surface area (Å²) in [6.07, 6.45) is 0. The van der Waals surface area contributed by atoms with Crippen LogP contribution in [0.15, 0.2) is 53.4 Å². The van der Waals surface area contributed by atoms with Gasteiger partial charge in [-0.3, -0.25) is 4.21 Å². The molecule has 5 heteroatoms. The van der Waals surface area contributed by atoms with Crippen LogP contribution in [-0.2, 0) is 10.8 Å². The van der Waals surface area contributed by atoms with Gasteiger partial charge in [0.2, 0.25) is 0 Å². The monoisotopic (exact) mass is 305 g/mol. The maximum Gasteiger partial charge on any atom is 0.134 e. The minimum absolute atomic E-state index is 0.327. The third kappa shape index (κ3) is 3.83. The number of rotatable bonds is 6. The van der Waals surface area contributed by atoms with Gasteiger partial charge in [-0.15, -0.1) is 0 Å². The van der Waals surface area contributed by atoms with Crippen molar-refractivity contribution in [2.75, 3.05) is 20.0 Å². The average molecular weight is 305 g/mol. The highest BCUT2D eigenvalue weighted by atomic mass is 32.2. The molecule has 112 valence electrons. The molecule has 0 spiro atoms. The molecule has 0 fully saturated rings. The summed E-state index contributed by atoms with van der Waals surface area (Å²) in [4.78, 5) is 0.665. The van der Waals surface area contributed by atoms with Crippen molar-refractivity contribution in [3.05, 3.63) is 54.1 Å². The van der Waals surface area contributed by atoms with Crippen molar-refractivity contribution in [1.29, 1.82) is 0 Å². The molecule has 2 N–H and O–H groups in total. The summed E-state index contributed by atoms with van der Waals surface area (Å²) < 4.78 is 22.9. The van der Waals surface area contributed by atoms with E-state index < -0.39 is 10.8 Å². The lowest BCUT2D eigenvalue weighted by Gasteiger charge is -2.14. The van der Waals surface area contributed by atoms with Crippen LogP contribution in [0.4, 0.5) is 0 Å². The zero-order valence-electron chi connectivity index (χ0n) is 12.1. The van der Waals surface area contributed by atoms with Crippen molar-refractivity contribution in [1.82, 2.24) is 0 Å². The standard InChI is InChI=1S/C16H19NO3S/c1-19-13-7-5-6-12(10-13)14(17)11-21(18)16-9-4-3-8-15(16)20-2/h3-10,14H,11,17H2,1-2H3. The molecule has 0 aliphatic carbocycles. The molecule has 21 heavy (non-hydrogen) atoms. The Morgan fingerprint density at radius 2 is 1.86 bits per heavy atom. The highest BCUT2D eigenvalue weighted by molar-refractivity contribution is 7.85. The van der Waals surface area contributed by atoms with E-state index in [1.165, 1.54) is 0 Å². The van der Waals surface area contributed by atoms with Crippen molar-refractivity contribution in [3.8, 4) is 11.5 Å². The molecule has 2 aromatic rings. The zero-order valence-corrected chi connectivity index (χ0v) is 12.9. The Kier molecular flexibility index (Phi) is 5.36. The van der Waals surface area contributed by atoms with Gasteiger partial charge >= 0.3 is 0 Å². The van der Waals surface area contributed by atoms with Crippen LogP contribution in [0.2, 0.25) is 0 Å². The van der Waals surface area contributed by atoms with E-state index in [4.69, 9.17) is 15.2 Å². The van der Waals surface area contributed by atoms with Gasteiger partial charge < -0.3 is 15.2 Å². The van der Waals surface area contributed by atoms with Gasteiger partial charge in [0.1, 0.15) is 11.5 Å². The van der Waals surface area contributed by atoms with Gasteiger partial charge in [0.15, 0.2) is 0 Å². The number of nitrogens with two attached hydrogens (primary N) is 1. The molecule has 0 aromatic heterocycles. The van der Waals surface area contributed by atoms with Crippen LogP contribution >= 0.6 is 0 Å². The third-order valence-electron chi connectivity index (χ3n) is 3.17. The Bertz CT molecular complexity index is 630. The van der Waals surface area contributed by atoms with Gasteiger partial charge in [-0.2, -0.15) is 0 Å². The lowest BCUT2D eigenvalue weighted by molar-refractivity contribution is 0.404. The van der Waals surface area contributed by atoms with Crippen LogP contribution in [0.1, 0.15) is 11.6 Å². The Balaban J connectivity index is 2.15. The second-order valence-electron chi connectivity index (χ2n) is 4.55. The number of benzene rings is 2. The molecular formula is C16H19NO3S. The maximum absolute atomic E-state index is 12.5. The summed E-state index contributed by atoms with van der Waals surface area (Å²) in [7, 11) is 1.95. The van der Waals surface area contributed by atoms with Crippen molar-refractivity contribution in [2.45, 2.75) is 10.9 Å². The molecule has 4 nitrogen and oxygen atoms in total. The summed E-state index contributed by atoms with van der Waals surface area (Å²) in [6, 6.07) is 14.5. The lowest BCUT2D eigenvalue weighted by atomic mass is 10.1. The van der Waals surface area contributed by atoms with E-state index in [-0.39, 0.29) is 6.04 Å². The van der Waals surface area contributed by atoms with Crippen LogP contribution in [-0.4, -0.2) is 24.2 Å². The summed E-state index contributed by atoms with van der Waals surface area (Å²) in [5.74, 6) is 1.69. The van der Waals surface area contributed by atoms with E-state index in [1.807, 2.05) is 36.4 Å². The number of hydrogen-bond acceptors (Lipinski definition) is 4. The molecule has 0 heterocycles. The van der Waals surface area contributed by atoms with Crippen LogP contribution in [0.3, 0.4) is 0 Å². The zero-order chi connectivity index (χ0) is 15.2. The average Bonchev–Trinajstić information content (AvgIpc) is 2.54. The number of ether oxygens (including phenoxy) is 2. The van der Waals surface area contributed by atoms with Crippen molar-refractivity contribution < 1.29 is 13.7 Å². The fourth-order valence-corrected chi connectivity index (χ4v) is 3.33. The second-order valence-corrected chi connectivity index (χ2v) is 6.01. The predicted molar refractivity (Wildman–Crippen MR) is 84.2 cm³/mol. The third-order valence-corrected chi connectivity index (χ3v) is 4.66. The molecule has 2 unspecified atom stereocenters. The quantitative estimate of drug-likeness (QED) is 0.891. The Morgan fingerprint density at radius 3 is 2.57 bits per heavy atom. The molecule has 0 bridgehead atoms. The molecule has 2 atom stereocenters. The number of para-hydroxylation sites is 1. The summed E-state index contributed by atoms with van der Waals surface area (Å²) in [6.45, 7) is 0. The summed E-state index contributed by atoms with van der Waals surface area (Å²) in [5.41, 5.74) is 7.06. The van der Waals surface area contributed by atoms with Gasteiger partial charge in [0.25, 0.3) is 0 Å². The Labute approximate surface area is 127 Å². The largest absolute Gasteiger partial charge is 0.497 e. The minimum atomic E-state index is -1.22. The van der Waals surface area contributed by atoms with Gasteiger partial charge in [0, 0.05) is 11.8 Å². The first kappa shape index (κ1) is 15.5. The first-order chi connectivity index (χ1) is 10.2. The molecule has 0 saturated carbocycles. The van der Waals surface area contributed by atoms with Crippen LogP contribution in [0.25, 0.3) is 0 Å². The first-order valence-corrected chi connectivity index (χ1v) is 7.88. The molecule has 0 radical (unpaired) electrons. The van der Waals surface area contributed by atoms with E-state index in [9.17, 15) is 4.21 Å². The number of methoxy groups -OCH3 is 2. The van der Waals surface area contributed by atoms with Gasteiger partial charge in [-0.05, 0) is 29.8 Å². The first-order valence-electron chi connectivity index (χ1n) is 6.56. The molecule has 0 aliphatic heterocycles. The van der Waals surface area contributed by atoms with E-state index in [0.717, 1.165) is 11.3 Å². The van der Waals surface area contributed by atoms with Crippen molar-refractivity contribution in [3.63, 3.8) is 0 Å². The topological polar surface area (TPSA) is 61.5 Å². The maximum atomic E-state index is 12.5. The predicted octanol–water partition coefficient (Wildman–Crippen LogP) is 2.51.